The summed E-state index contributed by atoms with van der Waals surface area (Å²) in [4.78, 5) is 5.03. The zero-order chi connectivity index (χ0) is 17.0. The third-order valence-corrected chi connectivity index (χ3v) is 5.54. The minimum Gasteiger partial charge on any atom is -0.313 e. The van der Waals surface area contributed by atoms with E-state index < -0.39 is 0 Å². The molecule has 2 nitrogen and oxygen atoms in total. The Hall–Kier alpha value is -2.65. The molecule has 0 aliphatic rings. The Morgan fingerprint density at radius 2 is 1.64 bits per heavy atom. The number of nitrogens with zero attached hydrogens (tertiary/aromatic N) is 2. The summed E-state index contributed by atoms with van der Waals surface area (Å²) < 4.78 is 3.35. The molecule has 5 aromatic rings. The second kappa shape index (κ2) is 5.43. The molecule has 0 aliphatic heterocycles. The monoisotopic (exact) mass is 386 g/mol. The van der Waals surface area contributed by atoms with E-state index in [4.69, 9.17) is 4.98 Å². The fourth-order valence-electron chi connectivity index (χ4n) is 3.52. The number of benzene rings is 2. The first kappa shape index (κ1) is 14.7. The average Bonchev–Trinajstić information content (AvgIpc) is 2.96. The summed E-state index contributed by atoms with van der Waals surface area (Å²) in [6.07, 6.45) is 2.11. The maximum atomic E-state index is 5.03. The molecule has 0 N–H and O–H groups in total. The van der Waals surface area contributed by atoms with E-state index in [2.05, 4.69) is 94.1 Å². The Bertz CT molecular complexity index is 1250. The van der Waals surface area contributed by atoms with E-state index in [-0.39, 0.29) is 0 Å². The van der Waals surface area contributed by atoms with E-state index in [1.807, 2.05) is 6.07 Å². The number of rotatable bonds is 1. The number of halogens is 1. The van der Waals surface area contributed by atoms with Gasteiger partial charge in [0.15, 0.2) is 0 Å². The van der Waals surface area contributed by atoms with Crippen molar-refractivity contribution in [1.29, 1.82) is 0 Å². The van der Waals surface area contributed by atoms with Crippen molar-refractivity contribution in [2.45, 2.75) is 6.92 Å². The topological polar surface area (TPSA) is 17.3 Å². The summed E-state index contributed by atoms with van der Waals surface area (Å²) in [7, 11) is 0. The van der Waals surface area contributed by atoms with Gasteiger partial charge in [-0.25, -0.2) is 4.98 Å². The van der Waals surface area contributed by atoms with E-state index in [9.17, 15) is 0 Å². The van der Waals surface area contributed by atoms with Crippen LogP contribution in [0.4, 0.5) is 0 Å². The van der Waals surface area contributed by atoms with Crippen molar-refractivity contribution >= 4 is 43.3 Å². The van der Waals surface area contributed by atoms with Crippen LogP contribution in [-0.2, 0) is 0 Å². The van der Waals surface area contributed by atoms with Gasteiger partial charge in [0.2, 0.25) is 0 Å². The van der Waals surface area contributed by atoms with Gasteiger partial charge in [0.25, 0.3) is 0 Å². The highest BCUT2D eigenvalue weighted by atomic mass is 79.9. The molecule has 0 radical (unpaired) electrons. The van der Waals surface area contributed by atoms with Gasteiger partial charge in [-0.3, -0.25) is 0 Å². The summed E-state index contributed by atoms with van der Waals surface area (Å²) in [6.45, 7) is 2.11. The van der Waals surface area contributed by atoms with Crippen LogP contribution >= 0.6 is 15.9 Å². The molecule has 0 saturated heterocycles. The number of aryl methyl sites for hydroxylation is 1. The number of para-hydroxylation sites is 1. The van der Waals surface area contributed by atoms with Crippen molar-refractivity contribution in [2.24, 2.45) is 0 Å². The van der Waals surface area contributed by atoms with Gasteiger partial charge in [-0.1, -0.05) is 54.1 Å². The summed E-state index contributed by atoms with van der Waals surface area (Å²) in [5, 5.41) is 2.39. The summed E-state index contributed by atoms with van der Waals surface area (Å²) >= 11 is 3.84. The molecule has 0 spiro atoms. The number of fused-ring (bicyclic) bond motifs is 5. The number of aromatic nitrogens is 2. The maximum Gasteiger partial charge on any atom is 0.0956 e. The predicted molar refractivity (Wildman–Crippen MR) is 108 cm³/mol. The first-order chi connectivity index (χ1) is 12.2. The zero-order valence-electron chi connectivity index (χ0n) is 13.7. The summed E-state index contributed by atoms with van der Waals surface area (Å²) in [5.41, 5.74) is 6.72. The highest BCUT2D eigenvalue weighted by Gasteiger charge is 2.18. The molecule has 0 saturated carbocycles. The molecule has 0 atom stereocenters. The third-order valence-electron chi connectivity index (χ3n) is 4.74. The molecular formula is C22H15BrN2. The minimum absolute atomic E-state index is 1.01. The lowest BCUT2D eigenvalue weighted by atomic mass is 10.0. The molecule has 3 heterocycles. The maximum absolute atomic E-state index is 5.03. The van der Waals surface area contributed by atoms with Crippen molar-refractivity contribution in [3.05, 3.63) is 83.0 Å². The molecule has 0 aliphatic carbocycles. The fraction of sp³-hybridized carbons (Fsp3) is 0.0455. The lowest BCUT2D eigenvalue weighted by Gasteiger charge is -2.09. The van der Waals surface area contributed by atoms with Gasteiger partial charge in [0.05, 0.1) is 26.7 Å². The fourth-order valence-corrected chi connectivity index (χ4v) is 4.24. The van der Waals surface area contributed by atoms with Crippen molar-refractivity contribution < 1.29 is 0 Å². The largest absolute Gasteiger partial charge is 0.313 e. The Labute approximate surface area is 153 Å². The quantitative estimate of drug-likeness (QED) is 0.326. The lowest BCUT2D eigenvalue weighted by Crippen LogP contribution is -1.92. The first-order valence-electron chi connectivity index (χ1n) is 8.28. The molecule has 3 aromatic heterocycles. The van der Waals surface area contributed by atoms with Crippen LogP contribution in [0.5, 0.6) is 0 Å². The van der Waals surface area contributed by atoms with Crippen LogP contribution in [0.25, 0.3) is 38.6 Å². The van der Waals surface area contributed by atoms with Gasteiger partial charge < -0.3 is 4.40 Å². The predicted octanol–water partition coefficient (Wildman–Crippen LogP) is 6.38. The van der Waals surface area contributed by atoms with Crippen molar-refractivity contribution in [3.63, 3.8) is 0 Å². The number of pyridine rings is 2. The highest BCUT2D eigenvalue weighted by Crippen LogP contribution is 2.40. The van der Waals surface area contributed by atoms with Crippen molar-refractivity contribution in [2.75, 3.05) is 0 Å². The molecule has 0 bridgehead atoms. The van der Waals surface area contributed by atoms with E-state index in [0.717, 1.165) is 32.3 Å². The summed E-state index contributed by atoms with van der Waals surface area (Å²) in [5.74, 6) is 0. The highest BCUT2D eigenvalue weighted by molar-refractivity contribution is 9.10. The Kier molecular flexibility index (Phi) is 3.19. The van der Waals surface area contributed by atoms with Crippen LogP contribution in [0.2, 0.25) is 0 Å². The molecule has 25 heavy (non-hydrogen) atoms. The van der Waals surface area contributed by atoms with E-state index in [1.54, 1.807) is 0 Å². The van der Waals surface area contributed by atoms with Crippen LogP contribution < -0.4 is 0 Å². The standard InChI is InChI=1S/C22H15BrN2/c1-14-9-11-15(12-10-14)21-22-19(16-6-2-3-7-17(16)24-21)20(23)18-8-4-5-13-25(18)22/h2-13H,1H3. The number of hydrogen-bond donors (Lipinski definition) is 0. The van der Waals surface area contributed by atoms with Gasteiger partial charge in [-0.2, -0.15) is 0 Å². The third kappa shape index (κ3) is 2.12. The average molecular weight is 387 g/mol. The summed E-state index contributed by atoms with van der Waals surface area (Å²) in [6, 6.07) is 23.2. The minimum atomic E-state index is 1.01. The molecule has 2 aromatic carbocycles. The second-order valence-electron chi connectivity index (χ2n) is 6.34. The van der Waals surface area contributed by atoms with Gasteiger partial charge in [0.1, 0.15) is 0 Å². The van der Waals surface area contributed by atoms with Gasteiger partial charge in [0, 0.05) is 22.5 Å². The first-order valence-corrected chi connectivity index (χ1v) is 9.07. The Balaban J connectivity index is 2.06. The lowest BCUT2D eigenvalue weighted by molar-refractivity contribution is 1.24. The molecule has 0 unspecified atom stereocenters. The molecule has 0 fully saturated rings. The van der Waals surface area contributed by atoms with Crippen LogP contribution in [0.3, 0.4) is 0 Å². The van der Waals surface area contributed by atoms with Crippen LogP contribution in [0, 0.1) is 6.92 Å². The second-order valence-corrected chi connectivity index (χ2v) is 7.13. The zero-order valence-corrected chi connectivity index (χ0v) is 15.3. The van der Waals surface area contributed by atoms with Gasteiger partial charge >= 0.3 is 0 Å². The SMILES string of the molecule is Cc1ccc(-c2nc3ccccc3c3c(Br)c4ccccn4c23)cc1. The van der Waals surface area contributed by atoms with Crippen molar-refractivity contribution in [1.82, 2.24) is 9.38 Å². The van der Waals surface area contributed by atoms with Gasteiger partial charge in [-0.05, 0) is 41.1 Å². The van der Waals surface area contributed by atoms with E-state index in [1.165, 1.54) is 16.3 Å². The Morgan fingerprint density at radius 3 is 2.48 bits per heavy atom. The van der Waals surface area contributed by atoms with Crippen molar-refractivity contribution in [3.8, 4) is 11.3 Å². The normalized spacial score (nSPS) is 11.6. The van der Waals surface area contributed by atoms with E-state index >= 15 is 0 Å². The van der Waals surface area contributed by atoms with Crippen LogP contribution in [0.15, 0.2) is 77.4 Å². The smallest absolute Gasteiger partial charge is 0.0956 e. The molecule has 5 rings (SSSR count). The number of hydrogen-bond acceptors (Lipinski definition) is 1. The Morgan fingerprint density at radius 1 is 0.880 bits per heavy atom. The van der Waals surface area contributed by atoms with Crippen LogP contribution in [0.1, 0.15) is 5.56 Å². The molecule has 120 valence electrons. The molecular weight excluding hydrogens is 372 g/mol. The van der Waals surface area contributed by atoms with Crippen LogP contribution in [-0.4, -0.2) is 9.38 Å². The van der Waals surface area contributed by atoms with Gasteiger partial charge in [-0.15, -0.1) is 0 Å². The molecule has 0 amide bonds. The van der Waals surface area contributed by atoms with E-state index in [0.29, 0.717) is 0 Å². The molecule has 3 heteroatoms.